The molecule has 2 aromatic rings. The summed E-state index contributed by atoms with van der Waals surface area (Å²) in [5, 5.41) is 0. The molecular formula is C14H12FNO2. The summed E-state index contributed by atoms with van der Waals surface area (Å²) in [6, 6.07) is 9.78. The molecule has 3 nitrogen and oxygen atoms in total. The maximum atomic E-state index is 13.1. The molecule has 0 aliphatic carbocycles. The van der Waals surface area contributed by atoms with Gasteiger partial charge in [-0.1, -0.05) is 18.2 Å². The predicted octanol–water partition coefficient (Wildman–Crippen LogP) is 2.60. The zero-order valence-electron chi connectivity index (χ0n) is 9.89. The van der Waals surface area contributed by atoms with Gasteiger partial charge in [-0.05, 0) is 35.7 Å². The van der Waals surface area contributed by atoms with Gasteiger partial charge in [0.05, 0.1) is 7.11 Å². The van der Waals surface area contributed by atoms with Crippen molar-refractivity contribution in [1.82, 2.24) is 4.98 Å². The number of rotatable bonds is 3. The lowest BCUT2D eigenvalue weighted by molar-refractivity contribution is 0.0593. The highest BCUT2D eigenvalue weighted by molar-refractivity contribution is 5.88. The van der Waals surface area contributed by atoms with Crippen LogP contribution in [0.2, 0.25) is 0 Å². The third-order valence-electron chi connectivity index (χ3n) is 2.55. The molecule has 0 atom stereocenters. The summed E-state index contributed by atoms with van der Waals surface area (Å²) in [4.78, 5) is 15.5. The number of methoxy groups -OCH3 is 1. The number of ether oxygens (including phenoxy) is 1. The van der Waals surface area contributed by atoms with Gasteiger partial charge in [0, 0.05) is 6.20 Å². The lowest BCUT2D eigenvalue weighted by Gasteiger charge is -2.06. The van der Waals surface area contributed by atoms with E-state index in [-0.39, 0.29) is 11.5 Å². The number of hydrogen-bond donors (Lipinski definition) is 0. The van der Waals surface area contributed by atoms with Gasteiger partial charge in [-0.25, -0.2) is 14.2 Å². The van der Waals surface area contributed by atoms with Gasteiger partial charge in [0.2, 0.25) is 0 Å². The summed E-state index contributed by atoms with van der Waals surface area (Å²) >= 11 is 0. The summed E-state index contributed by atoms with van der Waals surface area (Å²) in [6.07, 6.45) is 1.97. The Morgan fingerprint density at radius 2 is 2.17 bits per heavy atom. The van der Waals surface area contributed by atoms with Crippen molar-refractivity contribution in [1.29, 1.82) is 0 Å². The van der Waals surface area contributed by atoms with Gasteiger partial charge in [-0.15, -0.1) is 0 Å². The van der Waals surface area contributed by atoms with Crippen LogP contribution in [0.3, 0.4) is 0 Å². The number of hydrogen-bond acceptors (Lipinski definition) is 3. The maximum Gasteiger partial charge on any atom is 0.356 e. The van der Waals surface area contributed by atoms with E-state index in [1.807, 2.05) is 0 Å². The van der Waals surface area contributed by atoms with E-state index in [2.05, 4.69) is 9.72 Å². The van der Waals surface area contributed by atoms with E-state index in [0.29, 0.717) is 6.42 Å². The van der Waals surface area contributed by atoms with Crippen molar-refractivity contribution in [2.24, 2.45) is 0 Å². The first-order valence-electron chi connectivity index (χ1n) is 5.47. The minimum Gasteiger partial charge on any atom is -0.464 e. The summed E-state index contributed by atoms with van der Waals surface area (Å²) in [5.41, 5.74) is 1.77. The highest BCUT2D eigenvalue weighted by Crippen LogP contribution is 2.14. The van der Waals surface area contributed by atoms with Crippen molar-refractivity contribution in [3.63, 3.8) is 0 Å². The van der Waals surface area contributed by atoms with E-state index in [9.17, 15) is 9.18 Å². The van der Waals surface area contributed by atoms with E-state index in [1.165, 1.54) is 25.4 Å². The molecule has 4 heteroatoms. The third-order valence-corrected chi connectivity index (χ3v) is 2.55. The van der Waals surface area contributed by atoms with Crippen LogP contribution in [0.1, 0.15) is 21.6 Å². The van der Waals surface area contributed by atoms with Gasteiger partial charge >= 0.3 is 5.97 Å². The van der Waals surface area contributed by atoms with Gasteiger partial charge in [0.25, 0.3) is 0 Å². The Morgan fingerprint density at radius 1 is 1.33 bits per heavy atom. The van der Waals surface area contributed by atoms with Crippen molar-refractivity contribution in [2.45, 2.75) is 6.42 Å². The molecule has 2 rings (SSSR count). The van der Waals surface area contributed by atoms with Crippen molar-refractivity contribution in [3.05, 3.63) is 65.2 Å². The van der Waals surface area contributed by atoms with E-state index in [4.69, 9.17) is 0 Å². The van der Waals surface area contributed by atoms with Crippen LogP contribution in [0, 0.1) is 5.82 Å². The molecule has 1 aromatic heterocycles. The van der Waals surface area contributed by atoms with Crippen molar-refractivity contribution in [2.75, 3.05) is 7.11 Å². The van der Waals surface area contributed by atoms with E-state index < -0.39 is 5.97 Å². The molecule has 92 valence electrons. The third kappa shape index (κ3) is 2.71. The highest BCUT2D eigenvalue weighted by atomic mass is 19.1. The van der Waals surface area contributed by atoms with Gasteiger partial charge < -0.3 is 4.74 Å². The Balaban J connectivity index is 2.32. The Kier molecular flexibility index (Phi) is 3.67. The Morgan fingerprint density at radius 3 is 2.89 bits per heavy atom. The number of halogens is 1. The summed E-state index contributed by atoms with van der Waals surface area (Å²) in [7, 11) is 1.31. The second-order valence-electron chi connectivity index (χ2n) is 3.81. The number of pyridine rings is 1. The van der Waals surface area contributed by atoms with Crippen LogP contribution >= 0.6 is 0 Å². The van der Waals surface area contributed by atoms with E-state index in [1.54, 1.807) is 24.3 Å². The fourth-order valence-electron chi connectivity index (χ4n) is 1.73. The van der Waals surface area contributed by atoms with Crippen LogP contribution in [-0.4, -0.2) is 18.1 Å². The van der Waals surface area contributed by atoms with Crippen LogP contribution in [0.15, 0.2) is 42.6 Å². The van der Waals surface area contributed by atoms with E-state index in [0.717, 1.165) is 11.1 Å². The molecule has 0 saturated carbocycles. The molecule has 0 N–H and O–H groups in total. The zero-order chi connectivity index (χ0) is 13.0. The first-order chi connectivity index (χ1) is 8.70. The Labute approximate surface area is 104 Å². The lowest BCUT2D eigenvalue weighted by atomic mass is 10.0. The average Bonchev–Trinajstić information content (AvgIpc) is 2.38. The van der Waals surface area contributed by atoms with Crippen LogP contribution in [0.25, 0.3) is 0 Å². The van der Waals surface area contributed by atoms with Crippen LogP contribution < -0.4 is 0 Å². The number of aromatic nitrogens is 1. The van der Waals surface area contributed by atoms with Gasteiger partial charge in [-0.3, -0.25) is 0 Å². The average molecular weight is 245 g/mol. The molecule has 0 saturated heterocycles. The molecule has 0 unspecified atom stereocenters. The molecule has 0 aliphatic rings. The maximum absolute atomic E-state index is 13.1. The van der Waals surface area contributed by atoms with Crippen molar-refractivity contribution >= 4 is 5.97 Å². The number of benzene rings is 1. The second-order valence-corrected chi connectivity index (χ2v) is 3.81. The monoisotopic (exact) mass is 245 g/mol. The number of carbonyl (C=O) groups excluding carboxylic acids is 1. The molecule has 1 aromatic carbocycles. The summed E-state index contributed by atoms with van der Waals surface area (Å²) in [5.74, 6) is -0.780. The van der Waals surface area contributed by atoms with Crippen LogP contribution in [0.4, 0.5) is 4.39 Å². The molecule has 0 bridgehead atoms. The van der Waals surface area contributed by atoms with Gasteiger partial charge in [0.15, 0.2) is 5.69 Å². The highest BCUT2D eigenvalue weighted by Gasteiger charge is 2.13. The quantitative estimate of drug-likeness (QED) is 0.780. The Bertz CT molecular complexity index is 569. The molecule has 0 amide bonds. The second kappa shape index (κ2) is 5.40. The molecule has 0 spiro atoms. The zero-order valence-corrected chi connectivity index (χ0v) is 9.89. The topological polar surface area (TPSA) is 39.2 Å². The Hall–Kier alpha value is -2.23. The number of nitrogens with zero attached hydrogens (tertiary/aromatic N) is 1. The fourth-order valence-corrected chi connectivity index (χ4v) is 1.73. The number of esters is 1. The van der Waals surface area contributed by atoms with Crippen molar-refractivity contribution < 1.29 is 13.9 Å². The predicted molar refractivity (Wildman–Crippen MR) is 64.8 cm³/mol. The SMILES string of the molecule is COC(=O)c1ncccc1Cc1cccc(F)c1. The summed E-state index contributed by atoms with van der Waals surface area (Å²) in [6.45, 7) is 0. The van der Waals surface area contributed by atoms with E-state index >= 15 is 0 Å². The largest absolute Gasteiger partial charge is 0.464 e. The van der Waals surface area contributed by atoms with Gasteiger partial charge in [0.1, 0.15) is 5.82 Å². The standard InChI is InChI=1S/C14H12FNO2/c1-18-14(17)13-11(5-3-7-16-13)8-10-4-2-6-12(15)9-10/h2-7,9H,8H2,1H3. The minimum atomic E-state index is -0.484. The van der Waals surface area contributed by atoms with Gasteiger partial charge in [-0.2, -0.15) is 0 Å². The van der Waals surface area contributed by atoms with Crippen molar-refractivity contribution in [3.8, 4) is 0 Å². The smallest absolute Gasteiger partial charge is 0.356 e. The number of carbonyl (C=O) groups is 1. The fraction of sp³-hybridized carbons (Fsp3) is 0.143. The molecular weight excluding hydrogens is 233 g/mol. The molecule has 1 heterocycles. The molecule has 18 heavy (non-hydrogen) atoms. The minimum absolute atomic E-state index is 0.268. The first kappa shape index (κ1) is 12.2. The molecule has 0 aliphatic heterocycles. The lowest BCUT2D eigenvalue weighted by Crippen LogP contribution is -2.08. The first-order valence-corrected chi connectivity index (χ1v) is 5.47. The summed E-state index contributed by atoms with van der Waals surface area (Å²) < 4.78 is 17.8. The van der Waals surface area contributed by atoms with Crippen LogP contribution in [-0.2, 0) is 11.2 Å². The normalized spacial score (nSPS) is 10.1. The van der Waals surface area contributed by atoms with Crippen LogP contribution in [0.5, 0.6) is 0 Å². The molecule has 0 fully saturated rings. The molecule has 0 radical (unpaired) electrons.